The van der Waals surface area contributed by atoms with Crippen LogP contribution >= 0.6 is 0 Å². The van der Waals surface area contributed by atoms with E-state index >= 15 is 0 Å². The first kappa shape index (κ1) is 31.1. The number of H-pyrrole nitrogens is 1. The van der Waals surface area contributed by atoms with Crippen LogP contribution in [0.3, 0.4) is 0 Å². The van der Waals surface area contributed by atoms with Crippen LogP contribution in [-0.2, 0) is 52.9 Å². The summed E-state index contributed by atoms with van der Waals surface area (Å²) in [5.41, 5.74) is 4.18. The molecule has 0 bridgehead atoms. The van der Waals surface area contributed by atoms with E-state index in [0.29, 0.717) is 0 Å². The Kier molecular flexibility index (Phi) is 8.68. The lowest BCUT2D eigenvalue weighted by molar-refractivity contribution is -0.300. The number of carbonyl (C=O) groups excluding carboxylic acids is 1. The van der Waals surface area contributed by atoms with Crippen LogP contribution in [-0.4, -0.2) is 117 Å². The first-order valence-corrected chi connectivity index (χ1v) is 14.2. The molecular formula is C18H25N5O16S2. The number of ether oxygens (including phenoxy) is 4. The minimum Gasteiger partial charge on any atom is -0.457 e. The molecule has 0 saturated carbocycles. The Labute approximate surface area is 230 Å². The third kappa shape index (κ3) is 6.97. The summed E-state index contributed by atoms with van der Waals surface area (Å²) in [5, 5.41) is 20.8. The highest BCUT2D eigenvalue weighted by atomic mass is 32.3. The molecule has 23 heteroatoms. The fourth-order valence-corrected chi connectivity index (χ4v) is 5.38. The Balaban J connectivity index is 1.66. The first-order chi connectivity index (χ1) is 18.9. The number of nitrogens with zero attached hydrogens (tertiary/aromatic N) is 3. The number of nitrogen functional groups attached to an aromatic ring is 1. The predicted octanol–water partition coefficient (Wildman–Crippen LogP) is -3.61. The van der Waals surface area contributed by atoms with E-state index < -0.39 is 94.2 Å². The number of imidazole rings is 1. The van der Waals surface area contributed by atoms with Gasteiger partial charge >= 0.3 is 26.8 Å². The van der Waals surface area contributed by atoms with Crippen molar-refractivity contribution in [2.75, 3.05) is 12.3 Å². The van der Waals surface area contributed by atoms with Gasteiger partial charge in [-0.25, -0.2) is 13.4 Å². The molecule has 9 atom stereocenters. The van der Waals surface area contributed by atoms with Crippen molar-refractivity contribution < 1.29 is 68.3 Å². The summed E-state index contributed by atoms with van der Waals surface area (Å²) in [5.74, 6) is -1.15. The molecular weight excluding hydrogens is 606 g/mol. The molecule has 0 spiro atoms. The smallest absolute Gasteiger partial charge is 0.397 e. The van der Waals surface area contributed by atoms with Crippen molar-refractivity contribution in [2.24, 2.45) is 0 Å². The van der Waals surface area contributed by atoms with Crippen molar-refractivity contribution in [1.29, 1.82) is 0 Å². The zero-order valence-electron chi connectivity index (χ0n) is 20.9. The van der Waals surface area contributed by atoms with E-state index in [1.807, 2.05) is 0 Å². The number of aromatic amines is 1. The molecule has 2 aliphatic rings. The maximum Gasteiger partial charge on any atom is 0.397 e. The molecule has 0 aromatic carbocycles. The number of anilines is 1. The summed E-state index contributed by atoms with van der Waals surface area (Å²) < 4.78 is 97.0. The van der Waals surface area contributed by atoms with Crippen LogP contribution in [0.1, 0.15) is 20.1 Å². The molecule has 2 fully saturated rings. The fourth-order valence-electron chi connectivity index (χ4n) is 4.38. The number of rotatable bonds is 9. The molecule has 21 nitrogen and oxygen atoms in total. The number of carbonyl (C=O) groups is 1. The second-order valence-corrected chi connectivity index (χ2v) is 11.0. The van der Waals surface area contributed by atoms with Gasteiger partial charge in [-0.3, -0.25) is 28.2 Å². The van der Waals surface area contributed by atoms with E-state index in [4.69, 9.17) is 24.7 Å². The van der Waals surface area contributed by atoms with Crippen molar-refractivity contribution in [3.05, 3.63) is 16.7 Å². The minimum atomic E-state index is -5.35. The van der Waals surface area contributed by atoms with Gasteiger partial charge in [0.2, 0.25) is 5.95 Å². The number of aromatic nitrogens is 4. The number of aliphatic hydroxyl groups is 2. The molecule has 0 aliphatic carbocycles. The van der Waals surface area contributed by atoms with Gasteiger partial charge in [0.1, 0.15) is 24.4 Å². The topological polar surface area (TPSA) is 311 Å². The maximum atomic E-state index is 12.2. The highest BCUT2D eigenvalue weighted by Crippen LogP contribution is 2.37. The first-order valence-electron chi connectivity index (χ1n) is 11.4. The fraction of sp³-hybridized carbons (Fsp3) is 0.667. The summed E-state index contributed by atoms with van der Waals surface area (Å²) in [6, 6.07) is 0. The molecule has 7 N–H and O–H groups in total. The monoisotopic (exact) mass is 631 g/mol. The van der Waals surface area contributed by atoms with Crippen LogP contribution in [0.4, 0.5) is 5.95 Å². The number of aliphatic hydroxyl groups excluding tert-OH is 2. The lowest BCUT2D eigenvalue weighted by Crippen LogP contribution is -2.59. The van der Waals surface area contributed by atoms with Crippen LogP contribution < -0.4 is 11.3 Å². The lowest BCUT2D eigenvalue weighted by atomic mass is 9.99. The van der Waals surface area contributed by atoms with Crippen molar-refractivity contribution >= 4 is 43.9 Å². The van der Waals surface area contributed by atoms with E-state index in [1.54, 1.807) is 0 Å². The van der Waals surface area contributed by atoms with Crippen molar-refractivity contribution in [1.82, 2.24) is 19.5 Å². The Bertz CT molecular complexity index is 1560. The molecule has 4 heterocycles. The molecule has 2 aliphatic heterocycles. The van der Waals surface area contributed by atoms with E-state index in [0.717, 1.165) is 17.8 Å². The normalized spacial score (nSPS) is 32.8. The molecule has 0 radical (unpaired) electrons. The number of nitrogens with one attached hydrogen (secondary N) is 1. The summed E-state index contributed by atoms with van der Waals surface area (Å²) in [7, 11) is -10.7. The zero-order valence-corrected chi connectivity index (χ0v) is 22.5. The highest BCUT2D eigenvalue weighted by molar-refractivity contribution is 7.81. The molecule has 2 saturated heterocycles. The average molecular weight is 632 g/mol. The van der Waals surface area contributed by atoms with Gasteiger partial charge in [-0.1, -0.05) is 0 Å². The molecule has 41 heavy (non-hydrogen) atoms. The predicted molar refractivity (Wildman–Crippen MR) is 127 cm³/mol. The number of fused-ring (bicyclic) bond motifs is 1. The van der Waals surface area contributed by atoms with Crippen LogP contribution in [0.5, 0.6) is 0 Å². The Morgan fingerprint density at radius 2 is 1.73 bits per heavy atom. The van der Waals surface area contributed by atoms with Gasteiger partial charge in [0, 0.05) is 6.92 Å². The summed E-state index contributed by atoms with van der Waals surface area (Å²) >= 11 is 0. The number of hydrogen-bond acceptors (Lipinski definition) is 17. The van der Waals surface area contributed by atoms with Gasteiger partial charge in [0.25, 0.3) is 5.56 Å². The van der Waals surface area contributed by atoms with Gasteiger partial charge < -0.3 is 34.9 Å². The highest BCUT2D eigenvalue weighted by Gasteiger charge is 2.53. The number of hydrogen-bond donors (Lipinski definition) is 6. The number of esters is 1. The summed E-state index contributed by atoms with van der Waals surface area (Å²) in [6.07, 6.45) is -14.1. The average Bonchev–Trinajstić information content (AvgIpc) is 3.37. The molecule has 2 aromatic heterocycles. The molecule has 4 rings (SSSR count). The van der Waals surface area contributed by atoms with E-state index in [9.17, 15) is 45.7 Å². The van der Waals surface area contributed by atoms with Gasteiger partial charge in [0.15, 0.2) is 35.9 Å². The molecule has 2 aromatic rings. The minimum absolute atomic E-state index is 0.285. The van der Waals surface area contributed by atoms with Gasteiger partial charge in [0.05, 0.1) is 19.0 Å². The third-order valence-corrected chi connectivity index (χ3v) is 6.91. The van der Waals surface area contributed by atoms with Crippen molar-refractivity contribution in [2.45, 2.75) is 69.1 Å². The van der Waals surface area contributed by atoms with Crippen LogP contribution in [0.25, 0.3) is 11.2 Å². The summed E-state index contributed by atoms with van der Waals surface area (Å²) in [6.45, 7) is 1.68. The summed E-state index contributed by atoms with van der Waals surface area (Å²) in [4.78, 5) is 33.4. The van der Waals surface area contributed by atoms with E-state index in [1.165, 1.54) is 6.92 Å². The SMILES string of the molecule is CC(=O)O[C@H]1[C@@H](O)[C@H](O)[C@H](OC[C@H]2O[C@@H](n3cnc4c(=O)[nH]c(N)nc43)[C@H](OS(=O)(=O)O)[C@@H]2OS(=O)(=O)O)O[C@H]1C. The molecule has 0 amide bonds. The Morgan fingerprint density at radius 1 is 1.10 bits per heavy atom. The Morgan fingerprint density at radius 3 is 2.34 bits per heavy atom. The van der Waals surface area contributed by atoms with Crippen LogP contribution in [0.15, 0.2) is 11.1 Å². The van der Waals surface area contributed by atoms with Gasteiger partial charge in [-0.2, -0.15) is 21.8 Å². The second-order valence-electron chi connectivity index (χ2n) is 8.92. The quantitative estimate of drug-likeness (QED) is 0.115. The third-order valence-electron chi connectivity index (χ3n) is 5.98. The van der Waals surface area contributed by atoms with Crippen molar-refractivity contribution in [3.63, 3.8) is 0 Å². The molecule has 230 valence electrons. The van der Waals surface area contributed by atoms with E-state index in [-0.39, 0.29) is 17.1 Å². The largest absolute Gasteiger partial charge is 0.457 e. The van der Waals surface area contributed by atoms with Crippen LogP contribution in [0, 0.1) is 0 Å². The van der Waals surface area contributed by atoms with Crippen molar-refractivity contribution in [3.8, 4) is 0 Å². The Hall–Kier alpha value is -2.84. The maximum absolute atomic E-state index is 12.2. The van der Waals surface area contributed by atoms with Crippen LogP contribution in [0.2, 0.25) is 0 Å². The second kappa shape index (κ2) is 11.4. The standard InChI is InChI=1S/C18H25N5O16S2/c1-5-11(36-6(2)24)9(25)10(26)17(35-5)34-3-7-12(38-40(28,29)30)13(39-41(31,32)33)16(37-7)23-4-20-8-14(23)21-18(19)22-15(8)27/h4-5,7,9-13,16-17,25-26H,3H2,1-2H3,(H,28,29,30)(H,31,32,33)(H3,19,21,22,27)/t5-,7+,9-,10-,11+,12+,13+,16+,17+/m0/s1. The van der Waals surface area contributed by atoms with E-state index in [2.05, 4.69) is 23.3 Å². The lowest BCUT2D eigenvalue weighted by Gasteiger charge is -2.40. The van der Waals surface area contributed by atoms with Gasteiger partial charge in [-0.15, -0.1) is 0 Å². The van der Waals surface area contributed by atoms with Gasteiger partial charge in [-0.05, 0) is 6.92 Å². The molecule has 0 unspecified atom stereocenters. The zero-order chi connectivity index (χ0) is 30.4. The number of nitrogens with two attached hydrogens (primary N) is 1.